The molecule has 2 aromatic carbocycles. The van der Waals surface area contributed by atoms with E-state index in [1.165, 1.54) is 24.3 Å². The van der Waals surface area contributed by atoms with E-state index < -0.39 is 10.8 Å². The molecule has 174 valence electrons. The zero-order valence-corrected chi connectivity index (χ0v) is 18.6. The van der Waals surface area contributed by atoms with Gasteiger partial charge in [0.1, 0.15) is 0 Å². The molecule has 2 heterocycles. The summed E-state index contributed by atoms with van der Waals surface area (Å²) < 4.78 is 0. The van der Waals surface area contributed by atoms with Crippen LogP contribution in [0, 0.1) is 10.1 Å². The summed E-state index contributed by atoms with van der Waals surface area (Å²) in [5, 5.41) is 16.7. The maximum Gasteiger partial charge on any atom is 0.270 e. The SMILES string of the molecule is O=C(Nc1ccc(N2CCCCC2)c(C(=O)NCc2cccnc2)c1)c1cccc([N+](=O)[O-])c1. The molecule has 0 atom stereocenters. The predicted molar refractivity (Wildman–Crippen MR) is 129 cm³/mol. The molecule has 0 saturated carbocycles. The van der Waals surface area contributed by atoms with Gasteiger partial charge in [0.15, 0.2) is 0 Å². The summed E-state index contributed by atoms with van der Waals surface area (Å²) in [7, 11) is 0. The molecular formula is C25H25N5O4. The molecular weight excluding hydrogens is 434 g/mol. The number of piperidine rings is 1. The fraction of sp³-hybridized carbons (Fsp3) is 0.240. The van der Waals surface area contributed by atoms with E-state index in [-0.39, 0.29) is 17.2 Å². The minimum absolute atomic E-state index is 0.163. The van der Waals surface area contributed by atoms with Crippen LogP contribution in [-0.2, 0) is 6.54 Å². The van der Waals surface area contributed by atoms with Gasteiger partial charge in [0, 0.05) is 61.1 Å². The Morgan fingerprint density at radius 2 is 1.82 bits per heavy atom. The van der Waals surface area contributed by atoms with Crippen LogP contribution in [0.3, 0.4) is 0 Å². The number of hydrogen-bond acceptors (Lipinski definition) is 6. The number of nitrogens with zero attached hydrogens (tertiary/aromatic N) is 3. The molecule has 0 aliphatic carbocycles. The second kappa shape index (κ2) is 10.6. The van der Waals surface area contributed by atoms with E-state index in [1.54, 1.807) is 24.5 Å². The molecule has 9 nitrogen and oxygen atoms in total. The number of hydrogen-bond donors (Lipinski definition) is 2. The summed E-state index contributed by atoms with van der Waals surface area (Å²) in [6.07, 6.45) is 6.65. The van der Waals surface area contributed by atoms with Gasteiger partial charge in [-0.2, -0.15) is 0 Å². The molecule has 1 saturated heterocycles. The second-order valence-electron chi connectivity index (χ2n) is 8.09. The minimum atomic E-state index is -0.547. The number of benzene rings is 2. The molecule has 1 aliphatic rings. The molecule has 0 bridgehead atoms. The molecule has 0 spiro atoms. The maximum atomic E-state index is 13.2. The van der Waals surface area contributed by atoms with Gasteiger partial charge < -0.3 is 15.5 Å². The molecule has 34 heavy (non-hydrogen) atoms. The third-order valence-electron chi connectivity index (χ3n) is 5.69. The van der Waals surface area contributed by atoms with Crippen LogP contribution in [0.5, 0.6) is 0 Å². The highest BCUT2D eigenvalue weighted by molar-refractivity contribution is 6.06. The van der Waals surface area contributed by atoms with Crippen LogP contribution < -0.4 is 15.5 Å². The smallest absolute Gasteiger partial charge is 0.270 e. The van der Waals surface area contributed by atoms with Crippen LogP contribution >= 0.6 is 0 Å². The molecule has 1 fully saturated rings. The standard InChI is InChI=1S/C25H25N5O4/c31-24(19-7-4-8-21(14-19)30(33)34)28-20-9-10-23(29-12-2-1-3-13-29)22(15-20)25(32)27-17-18-6-5-11-26-16-18/h4-11,14-16H,1-3,12-13,17H2,(H,27,32)(H,28,31). The van der Waals surface area contributed by atoms with E-state index >= 15 is 0 Å². The Kier molecular flexibility index (Phi) is 7.12. The monoisotopic (exact) mass is 459 g/mol. The third-order valence-corrected chi connectivity index (χ3v) is 5.69. The number of rotatable bonds is 7. The van der Waals surface area contributed by atoms with E-state index in [1.807, 2.05) is 18.2 Å². The molecule has 2 N–H and O–H groups in total. The van der Waals surface area contributed by atoms with Crippen LogP contribution in [0.4, 0.5) is 17.1 Å². The van der Waals surface area contributed by atoms with Crippen LogP contribution in [0.15, 0.2) is 67.0 Å². The van der Waals surface area contributed by atoms with E-state index in [0.29, 0.717) is 17.8 Å². The summed E-state index contributed by atoms with van der Waals surface area (Å²) in [6, 6.07) is 14.4. The van der Waals surface area contributed by atoms with Gasteiger partial charge in [-0.25, -0.2) is 0 Å². The highest BCUT2D eigenvalue weighted by Crippen LogP contribution is 2.28. The topological polar surface area (TPSA) is 117 Å². The molecule has 3 aromatic rings. The maximum absolute atomic E-state index is 13.2. The zero-order valence-electron chi connectivity index (χ0n) is 18.6. The second-order valence-corrected chi connectivity index (χ2v) is 8.09. The highest BCUT2D eigenvalue weighted by Gasteiger charge is 2.20. The number of non-ortho nitro benzene ring substituents is 1. The summed E-state index contributed by atoms with van der Waals surface area (Å²) >= 11 is 0. The van der Waals surface area contributed by atoms with Crippen molar-refractivity contribution in [1.82, 2.24) is 10.3 Å². The average molecular weight is 460 g/mol. The van der Waals surface area contributed by atoms with Crippen molar-refractivity contribution in [3.8, 4) is 0 Å². The lowest BCUT2D eigenvalue weighted by Gasteiger charge is -2.30. The van der Waals surface area contributed by atoms with Crippen molar-refractivity contribution < 1.29 is 14.5 Å². The van der Waals surface area contributed by atoms with Crippen molar-refractivity contribution in [3.63, 3.8) is 0 Å². The van der Waals surface area contributed by atoms with Crippen LogP contribution in [0.25, 0.3) is 0 Å². The average Bonchev–Trinajstić information content (AvgIpc) is 2.88. The highest BCUT2D eigenvalue weighted by atomic mass is 16.6. The molecule has 0 unspecified atom stereocenters. The normalized spacial score (nSPS) is 13.2. The Hall–Kier alpha value is -4.27. The Morgan fingerprint density at radius 3 is 2.56 bits per heavy atom. The lowest BCUT2D eigenvalue weighted by Crippen LogP contribution is -2.32. The van der Waals surface area contributed by atoms with Crippen molar-refractivity contribution in [3.05, 3.63) is 93.8 Å². The first-order valence-electron chi connectivity index (χ1n) is 11.1. The molecule has 0 radical (unpaired) electrons. The van der Waals surface area contributed by atoms with Gasteiger partial charge in [0.05, 0.1) is 10.5 Å². The van der Waals surface area contributed by atoms with Crippen LogP contribution in [-0.4, -0.2) is 34.8 Å². The van der Waals surface area contributed by atoms with Gasteiger partial charge in [-0.1, -0.05) is 12.1 Å². The van der Waals surface area contributed by atoms with E-state index in [2.05, 4.69) is 20.5 Å². The van der Waals surface area contributed by atoms with Crippen molar-refractivity contribution in [2.45, 2.75) is 25.8 Å². The first-order valence-corrected chi connectivity index (χ1v) is 11.1. The number of nitrogens with one attached hydrogen (secondary N) is 2. The quantitative estimate of drug-likeness (QED) is 0.405. The van der Waals surface area contributed by atoms with Crippen LogP contribution in [0.2, 0.25) is 0 Å². The van der Waals surface area contributed by atoms with Gasteiger partial charge in [-0.05, 0) is 55.2 Å². The summed E-state index contributed by atoms with van der Waals surface area (Å²) in [6.45, 7) is 2.06. The minimum Gasteiger partial charge on any atom is -0.371 e. The molecule has 1 aromatic heterocycles. The Balaban J connectivity index is 1.57. The first-order chi connectivity index (χ1) is 16.5. The number of pyridine rings is 1. The van der Waals surface area contributed by atoms with Crippen molar-refractivity contribution >= 4 is 28.9 Å². The van der Waals surface area contributed by atoms with Gasteiger partial charge >= 0.3 is 0 Å². The summed E-state index contributed by atoms with van der Waals surface area (Å²) in [4.78, 5) is 42.6. The number of carbonyl (C=O) groups excluding carboxylic acids is 2. The largest absolute Gasteiger partial charge is 0.371 e. The van der Waals surface area contributed by atoms with E-state index in [9.17, 15) is 19.7 Å². The lowest BCUT2D eigenvalue weighted by molar-refractivity contribution is -0.384. The zero-order chi connectivity index (χ0) is 23.9. The molecule has 2 amide bonds. The van der Waals surface area contributed by atoms with Gasteiger partial charge in [0.25, 0.3) is 17.5 Å². The predicted octanol–water partition coefficient (Wildman–Crippen LogP) is 4.16. The van der Waals surface area contributed by atoms with Gasteiger partial charge in [-0.3, -0.25) is 24.7 Å². The van der Waals surface area contributed by atoms with Gasteiger partial charge in [0.2, 0.25) is 0 Å². The Bertz CT molecular complexity index is 1190. The molecule has 1 aliphatic heterocycles. The first kappa shape index (κ1) is 22.9. The number of nitro benzene ring substituents is 1. The Labute approximate surface area is 197 Å². The van der Waals surface area contributed by atoms with E-state index in [4.69, 9.17) is 0 Å². The number of nitro groups is 1. The lowest BCUT2D eigenvalue weighted by atomic mass is 10.1. The summed E-state index contributed by atoms with van der Waals surface area (Å²) in [5.74, 6) is -0.744. The summed E-state index contributed by atoms with van der Waals surface area (Å²) in [5.41, 5.74) is 2.59. The fourth-order valence-electron chi connectivity index (χ4n) is 3.95. The number of anilines is 2. The van der Waals surface area contributed by atoms with Crippen molar-refractivity contribution in [2.24, 2.45) is 0 Å². The van der Waals surface area contributed by atoms with Crippen molar-refractivity contribution in [1.29, 1.82) is 0 Å². The van der Waals surface area contributed by atoms with E-state index in [0.717, 1.165) is 43.6 Å². The number of amides is 2. The van der Waals surface area contributed by atoms with Crippen molar-refractivity contribution in [2.75, 3.05) is 23.3 Å². The fourth-order valence-corrected chi connectivity index (χ4v) is 3.95. The van der Waals surface area contributed by atoms with Crippen LogP contribution in [0.1, 0.15) is 45.5 Å². The molecule has 9 heteroatoms. The van der Waals surface area contributed by atoms with Gasteiger partial charge in [-0.15, -0.1) is 0 Å². The molecule has 4 rings (SSSR count). The number of aromatic nitrogens is 1. The third kappa shape index (κ3) is 5.55. The Morgan fingerprint density at radius 1 is 1.00 bits per heavy atom. The number of carbonyl (C=O) groups is 2.